The van der Waals surface area contributed by atoms with E-state index in [9.17, 15) is 23.3 Å². The molecule has 0 saturated carbocycles. The van der Waals surface area contributed by atoms with Crippen molar-refractivity contribution in [2.24, 2.45) is 10.2 Å². The molecule has 1 aromatic heterocycles. The minimum absolute atomic E-state index is 0.0822. The summed E-state index contributed by atoms with van der Waals surface area (Å²) in [6.45, 7) is 1.65. The highest BCUT2D eigenvalue weighted by Crippen LogP contribution is 2.33. The van der Waals surface area contributed by atoms with Gasteiger partial charge in [0.15, 0.2) is 5.75 Å². The van der Waals surface area contributed by atoms with Crippen molar-refractivity contribution >= 4 is 39.1 Å². The maximum Gasteiger partial charge on any atom is 0.311 e. The number of rotatable bonds is 6. The molecule has 3 aromatic rings. The van der Waals surface area contributed by atoms with Crippen LogP contribution in [0.2, 0.25) is 0 Å². The molecular formula is C22H18N4O7S. The number of primary sulfonamides is 1. The molecule has 2 heterocycles. The number of sulfonamides is 1. The highest BCUT2D eigenvalue weighted by Gasteiger charge is 2.29. The van der Waals surface area contributed by atoms with Gasteiger partial charge in [0.2, 0.25) is 10.0 Å². The zero-order valence-electron chi connectivity index (χ0n) is 18.0. The number of nitrogens with two attached hydrogens (primary N) is 1. The Labute approximate surface area is 193 Å². The fourth-order valence-corrected chi connectivity index (χ4v) is 3.87. The van der Waals surface area contributed by atoms with Crippen molar-refractivity contribution in [2.75, 3.05) is 12.1 Å². The fraction of sp³-hybridized carbons (Fsp3) is 0.0909. The van der Waals surface area contributed by atoms with Crippen molar-refractivity contribution in [2.45, 2.75) is 11.8 Å². The van der Waals surface area contributed by atoms with Crippen LogP contribution in [0, 0.1) is 10.1 Å². The van der Waals surface area contributed by atoms with Crippen molar-refractivity contribution in [3.8, 4) is 17.1 Å². The number of furan rings is 1. The van der Waals surface area contributed by atoms with Gasteiger partial charge in [-0.3, -0.25) is 14.9 Å². The second-order valence-electron chi connectivity index (χ2n) is 7.25. The van der Waals surface area contributed by atoms with Crippen LogP contribution in [0.1, 0.15) is 12.7 Å². The number of ether oxygens (including phenoxy) is 1. The van der Waals surface area contributed by atoms with Crippen LogP contribution in [0.4, 0.5) is 11.4 Å². The second-order valence-corrected chi connectivity index (χ2v) is 8.81. The zero-order valence-corrected chi connectivity index (χ0v) is 18.8. The smallest absolute Gasteiger partial charge is 0.311 e. The molecule has 34 heavy (non-hydrogen) atoms. The lowest BCUT2D eigenvalue weighted by atomic mass is 10.1. The van der Waals surface area contributed by atoms with Gasteiger partial charge in [0.05, 0.1) is 33.9 Å². The van der Waals surface area contributed by atoms with E-state index in [1.807, 2.05) is 0 Å². The van der Waals surface area contributed by atoms with Crippen LogP contribution in [0.25, 0.3) is 17.4 Å². The lowest BCUT2D eigenvalue weighted by molar-refractivity contribution is -0.385. The summed E-state index contributed by atoms with van der Waals surface area (Å²) >= 11 is 0. The third-order valence-electron chi connectivity index (χ3n) is 5.05. The normalized spacial score (nSPS) is 15.0. The molecule has 4 rings (SSSR count). The van der Waals surface area contributed by atoms with Crippen LogP contribution >= 0.6 is 0 Å². The number of nitro groups is 1. The van der Waals surface area contributed by atoms with Crippen molar-refractivity contribution in [3.05, 3.63) is 76.0 Å². The van der Waals surface area contributed by atoms with Gasteiger partial charge in [-0.2, -0.15) is 10.1 Å². The minimum Gasteiger partial charge on any atom is -0.490 e. The topological polar surface area (TPSA) is 158 Å². The Morgan fingerprint density at radius 2 is 1.85 bits per heavy atom. The number of benzene rings is 2. The van der Waals surface area contributed by atoms with Crippen LogP contribution in [-0.2, 0) is 14.8 Å². The summed E-state index contributed by atoms with van der Waals surface area (Å²) in [6, 6.07) is 13.1. The number of anilines is 1. The van der Waals surface area contributed by atoms with Crippen molar-refractivity contribution < 1.29 is 27.3 Å². The third kappa shape index (κ3) is 4.31. The molecule has 0 fully saturated rings. The van der Waals surface area contributed by atoms with E-state index in [1.54, 1.807) is 25.1 Å². The van der Waals surface area contributed by atoms with E-state index in [1.165, 1.54) is 49.6 Å². The fourth-order valence-electron chi connectivity index (χ4n) is 3.35. The molecule has 0 atom stereocenters. The van der Waals surface area contributed by atoms with Gasteiger partial charge >= 0.3 is 5.69 Å². The number of hydrazone groups is 1. The van der Waals surface area contributed by atoms with E-state index < -0.39 is 20.9 Å². The van der Waals surface area contributed by atoms with E-state index in [4.69, 9.17) is 14.3 Å². The Balaban J connectivity index is 1.60. The predicted octanol–water partition coefficient (Wildman–Crippen LogP) is 3.32. The number of hydrogen-bond donors (Lipinski definition) is 1. The monoisotopic (exact) mass is 482 g/mol. The van der Waals surface area contributed by atoms with Crippen molar-refractivity contribution in [1.82, 2.24) is 0 Å². The molecule has 174 valence electrons. The highest BCUT2D eigenvalue weighted by molar-refractivity contribution is 7.89. The molecule has 1 aliphatic rings. The predicted molar refractivity (Wildman–Crippen MR) is 124 cm³/mol. The summed E-state index contributed by atoms with van der Waals surface area (Å²) in [6.07, 6.45) is 1.52. The average Bonchev–Trinajstić information content (AvgIpc) is 3.38. The number of amides is 1. The molecule has 0 bridgehead atoms. The molecule has 11 nitrogen and oxygen atoms in total. The lowest BCUT2D eigenvalue weighted by Crippen LogP contribution is -2.21. The first-order chi connectivity index (χ1) is 16.1. The van der Waals surface area contributed by atoms with Crippen LogP contribution in [0.5, 0.6) is 5.75 Å². The van der Waals surface area contributed by atoms with Crippen molar-refractivity contribution in [1.29, 1.82) is 0 Å². The quantitative estimate of drug-likeness (QED) is 0.320. The van der Waals surface area contributed by atoms with E-state index in [0.717, 1.165) is 5.01 Å². The Bertz CT molecular complexity index is 1470. The molecule has 2 aromatic carbocycles. The van der Waals surface area contributed by atoms with Gasteiger partial charge in [-0.25, -0.2) is 13.6 Å². The SMILES string of the molecule is COc1ccc(-c2ccc(/C=C3\C(=O)N(c4ccc(S(N)(=O)=O)cc4)N=C3C)o2)cc1[N+](=O)[O-]. The summed E-state index contributed by atoms with van der Waals surface area (Å²) in [7, 11) is -2.51. The van der Waals surface area contributed by atoms with E-state index in [-0.39, 0.29) is 21.9 Å². The second kappa shape index (κ2) is 8.57. The van der Waals surface area contributed by atoms with Gasteiger partial charge in [-0.1, -0.05) is 0 Å². The van der Waals surface area contributed by atoms with E-state index in [2.05, 4.69) is 5.10 Å². The number of carbonyl (C=O) groups is 1. The Hall–Kier alpha value is -4.29. The van der Waals surface area contributed by atoms with Crippen LogP contribution < -0.4 is 14.9 Å². The highest BCUT2D eigenvalue weighted by atomic mass is 32.2. The van der Waals surface area contributed by atoms with Crippen molar-refractivity contribution in [3.63, 3.8) is 0 Å². The summed E-state index contributed by atoms with van der Waals surface area (Å²) < 4.78 is 33.7. The molecule has 0 saturated heterocycles. The zero-order chi connectivity index (χ0) is 24.6. The average molecular weight is 482 g/mol. The molecular weight excluding hydrogens is 464 g/mol. The number of nitrogens with zero attached hydrogens (tertiary/aromatic N) is 3. The lowest BCUT2D eigenvalue weighted by Gasteiger charge is -2.11. The largest absolute Gasteiger partial charge is 0.490 e. The molecule has 1 aliphatic heterocycles. The Morgan fingerprint density at radius 3 is 2.47 bits per heavy atom. The van der Waals surface area contributed by atoms with E-state index in [0.29, 0.717) is 28.5 Å². The maximum absolute atomic E-state index is 12.9. The molecule has 1 amide bonds. The maximum atomic E-state index is 12.9. The Morgan fingerprint density at radius 1 is 1.15 bits per heavy atom. The third-order valence-corrected chi connectivity index (χ3v) is 5.98. The van der Waals surface area contributed by atoms with Gasteiger partial charge < -0.3 is 9.15 Å². The first-order valence-corrected chi connectivity index (χ1v) is 11.3. The molecule has 0 aliphatic carbocycles. The Kier molecular flexibility index (Phi) is 5.77. The van der Waals surface area contributed by atoms with Crippen LogP contribution in [-0.4, -0.2) is 32.1 Å². The standard InChI is InChI=1S/C22H18N4O7S/c1-13-18(22(27)25(24-13)15-4-7-17(8-5-15)34(23,30)31)12-16-6-10-20(33-16)14-3-9-21(32-2)19(11-14)26(28)29/h3-12H,1-2H3,(H2,23,30,31)/b18-12-. The van der Waals surface area contributed by atoms with E-state index >= 15 is 0 Å². The number of methoxy groups -OCH3 is 1. The van der Waals surface area contributed by atoms with Gasteiger partial charge in [-0.05, 0) is 61.5 Å². The summed E-state index contributed by atoms with van der Waals surface area (Å²) in [4.78, 5) is 23.6. The van der Waals surface area contributed by atoms with Gasteiger partial charge in [0.25, 0.3) is 5.91 Å². The number of carbonyl (C=O) groups excluding carboxylic acids is 1. The van der Waals surface area contributed by atoms with Gasteiger partial charge in [0, 0.05) is 11.6 Å². The van der Waals surface area contributed by atoms with Gasteiger partial charge in [-0.15, -0.1) is 0 Å². The summed E-state index contributed by atoms with van der Waals surface area (Å²) in [5.41, 5.74) is 1.34. The number of nitro benzene ring substituents is 1. The summed E-state index contributed by atoms with van der Waals surface area (Å²) in [5.74, 6) is 0.410. The van der Waals surface area contributed by atoms with Crippen LogP contribution in [0.15, 0.2) is 74.6 Å². The van der Waals surface area contributed by atoms with Crippen LogP contribution in [0.3, 0.4) is 0 Å². The molecule has 2 N–H and O–H groups in total. The van der Waals surface area contributed by atoms with Gasteiger partial charge in [0.1, 0.15) is 11.5 Å². The minimum atomic E-state index is -3.86. The first-order valence-electron chi connectivity index (χ1n) is 9.75. The number of hydrogen-bond acceptors (Lipinski definition) is 8. The molecule has 12 heteroatoms. The summed E-state index contributed by atoms with van der Waals surface area (Å²) in [5, 5.41) is 21.8. The molecule has 0 spiro atoms. The first kappa shape index (κ1) is 22.9. The molecule has 0 unspecified atom stereocenters. The molecule has 0 radical (unpaired) electrons.